The summed E-state index contributed by atoms with van der Waals surface area (Å²) in [5.74, 6) is 0. The third kappa shape index (κ3) is 3.90. The second-order valence-corrected chi connectivity index (χ2v) is 8.21. The monoisotopic (exact) mass is 350 g/mol. The molecule has 0 spiro atoms. The first-order chi connectivity index (χ1) is 9.83. The van der Waals surface area contributed by atoms with Crippen molar-refractivity contribution in [3.8, 4) is 0 Å². The second-order valence-electron chi connectivity index (χ2n) is 5.66. The Kier molecular flexibility index (Phi) is 5.21. The third-order valence-electron chi connectivity index (χ3n) is 3.96. The summed E-state index contributed by atoms with van der Waals surface area (Å²) in [6, 6.07) is 2.95. The molecule has 1 fully saturated rings. The van der Waals surface area contributed by atoms with Crippen LogP contribution in [0.2, 0.25) is 10.0 Å². The normalized spacial score (nSPS) is 17.0. The van der Waals surface area contributed by atoms with E-state index in [2.05, 4.69) is 11.6 Å². The predicted molar refractivity (Wildman–Crippen MR) is 86.1 cm³/mol. The summed E-state index contributed by atoms with van der Waals surface area (Å²) in [7, 11) is -3.68. The fourth-order valence-corrected chi connectivity index (χ4v) is 4.61. The van der Waals surface area contributed by atoms with Crippen molar-refractivity contribution in [3.63, 3.8) is 0 Å². The summed E-state index contributed by atoms with van der Waals surface area (Å²) in [5.41, 5.74) is 6.22. The highest BCUT2D eigenvalue weighted by molar-refractivity contribution is 7.89. The summed E-state index contributed by atoms with van der Waals surface area (Å²) >= 11 is 12.1. The van der Waals surface area contributed by atoms with E-state index < -0.39 is 10.0 Å². The van der Waals surface area contributed by atoms with E-state index in [4.69, 9.17) is 28.9 Å². The fraction of sp³-hybridized carbons (Fsp3) is 0.571. The van der Waals surface area contributed by atoms with Crippen molar-refractivity contribution < 1.29 is 8.42 Å². The maximum atomic E-state index is 12.5. The van der Waals surface area contributed by atoms with Crippen LogP contribution in [-0.4, -0.2) is 15.0 Å². The van der Waals surface area contributed by atoms with Crippen LogP contribution in [-0.2, 0) is 16.6 Å². The topological polar surface area (TPSA) is 72.2 Å². The van der Waals surface area contributed by atoms with Gasteiger partial charge in [0.05, 0.1) is 5.02 Å². The molecule has 0 amide bonds. The Balaban J connectivity index is 2.22. The Morgan fingerprint density at radius 3 is 2.52 bits per heavy atom. The van der Waals surface area contributed by atoms with Crippen LogP contribution in [0.3, 0.4) is 0 Å². The summed E-state index contributed by atoms with van der Waals surface area (Å²) in [6.45, 7) is 2.70. The number of nitrogens with two attached hydrogens (primary N) is 1. The van der Waals surface area contributed by atoms with Crippen LogP contribution in [0.15, 0.2) is 17.0 Å². The van der Waals surface area contributed by atoms with Gasteiger partial charge in [-0.2, -0.15) is 0 Å². The average molecular weight is 351 g/mol. The lowest BCUT2D eigenvalue weighted by Crippen LogP contribution is -2.30. The maximum absolute atomic E-state index is 12.5. The van der Waals surface area contributed by atoms with Crippen LogP contribution < -0.4 is 10.5 Å². The van der Waals surface area contributed by atoms with Gasteiger partial charge >= 0.3 is 0 Å². The third-order valence-corrected chi connectivity index (χ3v) is 6.17. The van der Waals surface area contributed by atoms with E-state index >= 15 is 0 Å². The van der Waals surface area contributed by atoms with Crippen molar-refractivity contribution in [1.29, 1.82) is 0 Å². The highest BCUT2D eigenvalue weighted by Crippen LogP contribution is 2.49. The number of halogens is 2. The zero-order chi connectivity index (χ0) is 15.7. The van der Waals surface area contributed by atoms with Crippen LogP contribution in [0, 0.1) is 5.41 Å². The molecule has 0 aliphatic heterocycles. The Bertz CT molecular complexity index is 628. The summed E-state index contributed by atoms with van der Waals surface area (Å²) in [5, 5.41) is 0.463. The molecule has 21 heavy (non-hydrogen) atoms. The zero-order valence-corrected chi connectivity index (χ0v) is 14.3. The van der Waals surface area contributed by atoms with E-state index in [-0.39, 0.29) is 21.9 Å². The van der Waals surface area contributed by atoms with Gasteiger partial charge in [-0.3, -0.25) is 0 Å². The number of rotatable bonds is 7. The Morgan fingerprint density at radius 2 is 2.00 bits per heavy atom. The van der Waals surface area contributed by atoms with Crippen LogP contribution >= 0.6 is 23.2 Å². The summed E-state index contributed by atoms with van der Waals surface area (Å²) in [6.07, 6.45) is 4.23. The van der Waals surface area contributed by atoms with Crippen molar-refractivity contribution in [1.82, 2.24) is 4.72 Å². The van der Waals surface area contributed by atoms with E-state index in [9.17, 15) is 8.42 Å². The van der Waals surface area contributed by atoms with Crippen LogP contribution in [0.4, 0.5) is 0 Å². The molecule has 1 aliphatic rings. The smallest absolute Gasteiger partial charge is 0.242 e. The molecule has 2 rings (SSSR count). The molecule has 0 aromatic heterocycles. The quantitative estimate of drug-likeness (QED) is 0.792. The zero-order valence-electron chi connectivity index (χ0n) is 12.0. The van der Waals surface area contributed by atoms with Gasteiger partial charge in [0.1, 0.15) is 4.90 Å². The summed E-state index contributed by atoms with van der Waals surface area (Å²) in [4.78, 5) is 0.00409. The molecular formula is C14H20Cl2N2O2S. The van der Waals surface area contributed by atoms with Gasteiger partial charge in [-0.1, -0.05) is 36.5 Å². The molecule has 0 unspecified atom stereocenters. The molecule has 4 nitrogen and oxygen atoms in total. The molecule has 1 aromatic carbocycles. The van der Waals surface area contributed by atoms with Gasteiger partial charge in [0, 0.05) is 18.1 Å². The molecular weight excluding hydrogens is 331 g/mol. The van der Waals surface area contributed by atoms with E-state index in [0.717, 1.165) is 25.7 Å². The number of sulfonamides is 1. The van der Waals surface area contributed by atoms with Gasteiger partial charge in [-0.05, 0) is 42.4 Å². The minimum Gasteiger partial charge on any atom is -0.326 e. The van der Waals surface area contributed by atoms with Gasteiger partial charge in [-0.15, -0.1) is 0 Å². The maximum Gasteiger partial charge on any atom is 0.242 e. The van der Waals surface area contributed by atoms with E-state index in [0.29, 0.717) is 17.1 Å². The lowest BCUT2D eigenvalue weighted by Gasteiger charge is -2.16. The van der Waals surface area contributed by atoms with Crippen LogP contribution in [0.25, 0.3) is 0 Å². The fourth-order valence-electron chi connectivity index (χ4n) is 2.51. The van der Waals surface area contributed by atoms with Gasteiger partial charge in [0.25, 0.3) is 0 Å². The Hall–Kier alpha value is -0.330. The van der Waals surface area contributed by atoms with Crippen molar-refractivity contribution in [2.24, 2.45) is 11.1 Å². The van der Waals surface area contributed by atoms with E-state index in [1.807, 2.05) is 0 Å². The van der Waals surface area contributed by atoms with Crippen molar-refractivity contribution in [3.05, 3.63) is 27.7 Å². The number of benzene rings is 1. The molecule has 118 valence electrons. The van der Waals surface area contributed by atoms with E-state index in [1.54, 1.807) is 6.07 Å². The van der Waals surface area contributed by atoms with Crippen LogP contribution in [0.5, 0.6) is 0 Å². The molecule has 7 heteroatoms. The number of hydrogen-bond donors (Lipinski definition) is 2. The molecule has 0 bridgehead atoms. The van der Waals surface area contributed by atoms with Crippen molar-refractivity contribution in [2.45, 2.75) is 44.0 Å². The highest BCUT2D eigenvalue weighted by atomic mass is 35.5. The molecule has 1 aromatic rings. The predicted octanol–water partition coefficient (Wildman–Crippen LogP) is 3.31. The highest BCUT2D eigenvalue weighted by Gasteiger charge is 2.42. The SMILES string of the molecule is CCCC1(CNS(=O)(=O)c2cc(Cl)cc(CN)c2Cl)CC1. The molecule has 0 saturated heterocycles. The molecule has 0 heterocycles. The lowest BCUT2D eigenvalue weighted by atomic mass is 10.0. The largest absolute Gasteiger partial charge is 0.326 e. The number of hydrogen-bond acceptors (Lipinski definition) is 3. The first kappa shape index (κ1) is 17.0. The van der Waals surface area contributed by atoms with Crippen LogP contribution in [0.1, 0.15) is 38.2 Å². The molecule has 1 aliphatic carbocycles. The van der Waals surface area contributed by atoms with Gasteiger partial charge in [0.2, 0.25) is 10.0 Å². The van der Waals surface area contributed by atoms with Gasteiger partial charge in [-0.25, -0.2) is 13.1 Å². The van der Waals surface area contributed by atoms with Gasteiger partial charge in [0.15, 0.2) is 0 Å². The molecule has 0 atom stereocenters. The minimum absolute atomic E-state index is 0.00409. The lowest BCUT2D eigenvalue weighted by molar-refractivity contribution is 0.449. The van der Waals surface area contributed by atoms with Crippen molar-refractivity contribution >= 4 is 33.2 Å². The minimum atomic E-state index is -3.68. The first-order valence-electron chi connectivity index (χ1n) is 7.01. The first-order valence-corrected chi connectivity index (χ1v) is 9.25. The molecule has 0 radical (unpaired) electrons. The Labute approximate surface area is 136 Å². The van der Waals surface area contributed by atoms with Crippen molar-refractivity contribution in [2.75, 3.05) is 6.54 Å². The average Bonchev–Trinajstić information content (AvgIpc) is 3.19. The number of nitrogens with one attached hydrogen (secondary N) is 1. The van der Waals surface area contributed by atoms with Gasteiger partial charge < -0.3 is 5.73 Å². The second kappa shape index (κ2) is 6.42. The van der Waals surface area contributed by atoms with E-state index in [1.165, 1.54) is 6.07 Å². The standard InChI is InChI=1S/C14H20Cl2N2O2S/c1-2-3-14(4-5-14)9-18-21(19,20)12-7-11(15)6-10(8-17)13(12)16/h6-7,18H,2-5,8-9,17H2,1H3. The summed E-state index contributed by atoms with van der Waals surface area (Å²) < 4.78 is 27.6. The molecule has 1 saturated carbocycles. The molecule has 3 N–H and O–H groups in total. The Morgan fingerprint density at radius 1 is 1.33 bits per heavy atom.